The van der Waals surface area contributed by atoms with E-state index in [4.69, 9.17) is 10.5 Å². The molecule has 0 radical (unpaired) electrons. The van der Waals surface area contributed by atoms with Crippen LogP contribution in [0.1, 0.15) is 42.0 Å². The van der Waals surface area contributed by atoms with Gasteiger partial charge in [0.25, 0.3) is 0 Å². The molecule has 2 N–H and O–H groups in total. The molecule has 4 heteroatoms. The Bertz CT molecular complexity index is 426. The van der Waals surface area contributed by atoms with Gasteiger partial charge < -0.3 is 10.5 Å². The monoisotopic (exact) mass is 297 g/mol. The maximum Gasteiger partial charge on any atom is 0.0783 e. The van der Waals surface area contributed by atoms with E-state index < -0.39 is 0 Å². The lowest BCUT2D eigenvalue weighted by atomic mass is 9.81. The molecule has 0 aliphatic carbocycles. The standard InChI is InChI=1S/C15H23NOS2/c1-2-12-3-4-13(19-12)14(16)11-5-7-17-15(9-11)6-8-18-10-15/h3-4,11,14H,2,5-10,16H2,1H3. The summed E-state index contributed by atoms with van der Waals surface area (Å²) in [6, 6.07) is 4.68. The van der Waals surface area contributed by atoms with E-state index in [0.29, 0.717) is 5.92 Å². The minimum Gasteiger partial charge on any atom is -0.374 e. The first-order valence-electron chi connectivity index (χ1n) is 7.28. The Morgan fingerprint density at radius 3 is 3.11 bits per heavy atom. The Kier molecular flexibility index (Phi) is 4.22. The third kappa shape index (κ3) is 2.87. The van der Waals surface area contributed by atoms with Crippen molar-refractivity contribution in [2.45, 2.75) is 44.2 Å². The van der Waals surface area contributed by atoms with Crippen molar-refractivity contribution in [1.82, 2.24) is 0 Å². The lowest BCUT2D eigenvalue weighted by Crippen LogP contribution is -2.42. The molecular formula is C15H23NOS2. The molecule has 3 rings (SSSR count). The van der Waals surface area contributed by atoms with Crippen molar-refractivity contribution in [2.24, 2.45) is 11.7 Å². The first kappa shape index (κ1) is 13.9. The van der Waals surface area contributed by atoms with E-state index >= 15 is 0 Å². The minimum absolute atomic E-state index is 0.149. The van der Waals surface area contributed by atoms with Gasteiger partial charge in [-0.2, -0.15) is 11.8 Å². The van der Waals surface area contributed by atoms with Crippen LogP contribution in [-0.4, -0.2) is 23.7 Å². The van der Waals surface area contributed by atoms with Gasteiger partial charge in [0.1, 0.15) is 0 Å². The maximum absolute atomic E-state index is 6.54. The van der Waals surface area contributed by atoms with Gasteiger partial charge in [0, 0.05) is 28.2 Å². The number of rotatable bonds is 3. The van der Waals surface area contributed by atoms with Gasteiger partial charge in [-0.1, -0.05) is 6.92 Å². The van der Waals surface area contributed by atoms with Crippen LogP contribution in [0.4, 0.5) is 0 Å². The van der Waals surface area contributed by atoms with Gasteiger partial charge in [0.05, 0.1) is 5.60 Å². The fraction of sp³-hybridized carbons (Fsp3) is 0.733. The summed E-state index contributed by atoms with van der Waals surface area (Å²) in [4.78, 5) is 2.81. The van der Waals surface area contributed by atoms with Gasteiger partial charge in [-0.15, -0.1) is 11.3 Å². The predicted molar refractivity (Wildman–Crippen MR) is 84.0 cm³/mol. The SMILES string of the molecule is CCc1ccc(C(N)C2CCOC3(CCSC3)C2)s1. The second kappa shape index (κ2) is 5.76. The van der Waals surface area contributed by atoms with Crippen molar-refractivity contribution in [2.75, 3.05) is 18.1 Å². The highest BCUT2D eigenvalue weighted by Gasteiger charge is 2.42. The molecule has 1 aromatic heterocycles. The summed E-state index contributed by atoms with van der Waals surface area (Å²) in [5.74, 6) is 3.01. The summed E-state index contributed by atoms with van der Waals surface area (Å²) < 4.78 is 6.10. The number of ether oxygens (including phenoxy) is 1. The second-order valence-corrected chi connectivity index (χ2v) is 8.08. The van der Waals surface area contributed by atoms with E-state index in [1.165, 1.54) is 27.7 Å². The molecule has 2 fully saturated rings. The van der Waals surface area contributed by atoms with Gasteiger partial charge in [0.15, 0.2) is 0 Å². The highest BCUT2D eigenvalue weighted by molar-refractivity contribution is 7.99. The Hall–Kier alpha value is -0.0300. The van der Waals surface area contributed by atoms with Crippen LogP contribution in [0.3, 0.4) is 0 Å². The van der Waals surface area contributed by atoms with Gasteiger partial charge in [0.2, 0.25) is 0 Å². The Morgan fingerprint density at radius 1 is 1.53 bits per heavy atom. The summed E-state index contributed by atoms with van der Waals surface area (Å²) in [6.45, 7) is 3.10. The first-order chi connectivity index (χ1) is 9.22. The van der Waals surface area contributed by atoms with E-state index in [9.17, 15) is 0 Å². The highest BCUT2D eigenvalue weighted by atomic mass is 32.2. The lowest BCUT2D eigenvalue weighted by Gasteiger charge is -2.39. The number of aryl methyl sites for hydroxylation is 1. The van der Waals surface area contributed by atoms with E-state index in [-0.39, 0.29) is 11.6 Å². The largest absolute Gasteiger partial charge is 0.374 e. The molecule has 2 saturated heterocycles. The summed E-state index contributed by atoms with van der Waals surface area (Å²) in [5.41, 5.74) is 6.69. The molecule has 106 valence electrons. The Balaban J connectivity index is 1.70. The average Bonchev–Trinajstić information content (AvgIpc) is 3.07. The fourth-order valence-corrected chi connectivity index (χ4v) is 5.66. The predicted octanol–water partition coefficient (Wildman–Crippen LogP) is 3.61. The van der Waals surface area contributed by atoms with Gasteiger partial charge in [-0.3, -0.25) is 0 Å². The zero-order valence-electron chi connectivity index (χ0n) is 11.6. The van der Waals surface area contributed by atoms with Crippen LogP contribution >= 0.6 is 23.1 Å². The molecule has 3 atom stereocenters. The third-order valence-electron chi connectivity index (χ3n) is 4.47. The zero-order valence-corrected chi connectivity index (χ0v) is 13.2. The van der Waals surface area contributed by atoms with Gasteiger partial charge in [-0.25, -0.2) is 0 Å². The Labute approximate surface area is 124 Å². The van der Waals surface area contributed by atoms with Crippen LogP contribution in [0.2, 0.25) is 0 Å². The maximum atomic E-state index is 6.54. The molecule has 2 nitrogen and oxygen atoms in total. The number of hydrogen-bond donors (Lipinski definition) is 1. The molecule has 2 aliphatic rings. The number of hydrogen-bond acceptors (Lipinski definition) is 4. The van der Waals surface area contributed by atoms with E-state index in [0.717, 1.165) is 25.9 Å². The van der Waals surface area contributed by atoms with E-state index in [2.05, 4.69) is 19.1 Å². The second-order valence-electron chi connectivity index (χ2n) is 5.77. The zero-order chi connectivity index (χ0) is 13.3. The molecular weight excluding hydrogens is 274 g/mol. The van der Waals surface area contributed by atoms with Crippen LogP contribution in [-0.2, 0) is 11.2 Å². The third-order valence-corrected chi connectivity index (χ3v) is 7.02. The Morgan fingerprint density at radius 2 is 2.42 bits per heavy atom. The molecule has 2 aliphatic heterocycles. The number of thioether (sulfide) groups is 1. The van der Waals surface area contributed by atoms with Crippen LogP contribution in [0.25, 0.3) is 0 Å². The smallest absolute Gasteiger partial charge is 0.0783 e. The van der Waals surface area contributed by atoms with Crippen molar-refractivity contribution in [1.29, 1.82) is 0 Å². The average molecular weight is 297 g/mol. The summed E-state index contributed by atoms with van der Waals surface area (Å²) >= 11 is 3.93. The molecule has 19 heavy (non-hydrogen) atoms. The molecule has 1 spiro atoms. The molecule has 3 heterocycles. The van der Waals surface area contributed by atoms with Crippen molar-refractivity contribution in [3.63, 3.8) is 0 Å². The van der Waals surface area contributed by atoms with Crippen molar-refractivity contribution >= 4 is 23.1 Å². The van der Waals surface area contributed by atoms with Crippen LogP contribution < -0.4 is 5.73 Å². The fourth-order valence-electron chi connectivity index (χ4n) is 3.23. The molecule has 0 aromatic carbocycles. The molecule has 1 aromatic rings. The topological polar surface area (TPSA) is 35.2 Å². The van der Waals surface area contributed by atoms with Gasteiger partial charge >= 0.3 is 0 Å². The molecule has 0 saturated carbocycles. The van der Waals surface area contributed by atoms with Crippen molar-refractivity contribution in [3.05, 3.63) is 21.9 Å². The summed E-state index contributed by atoms with van der Waals surface area (Å²) in [6.07, 6.45) is 4.60. The number of thiophene rings is 1. The lowest BCUT2D eigenvalue weighted by molar-refractivity contribution is -0.0832. The summed E-state index contributed by atoms with van der Waals surface area (Å²) in [5, 5.41) is 0. The van der Waals surface area contributed by atoms with E-state index in [1.807, 2.05) is 23.1 Å². The molecule has 0 amide bonds. The van der Waals surface area contributed by atoms with Crippen molar-refractivity contribution in [3.8, 4) is 0 Å². The van der Waals surface area contributed by atoms with Crippen LogP contribution in [0.5, 0.6) is 0 Å². The van der Waals surface area contributed by atoms with Crippen LogP contribution in [0, 0.1) is 5.92 Å². The first-order valence-corrected chi connectivity index (χ1v) is 9.25. The van der Waals surface area contributed by atoms with Gasteiger partial charge in [-0.05, 0) is 49.5 Å². The number of nitrogens with two attached hydrogens (primary N) is 1. The van der Waals surface area contributed by atoms with Crippen LogP contribution in [0.15, 0.2) is 12.1 Å². The van der Waals surface area contributed by atoms with E-state index in [1.54, 1.807) is 0 Å². The van der Waals surface area contributed by atoms with Crippen molar-refractivity contribution < 1.29 is 4.74 Å². The minimum atomic E-state index is 0.149. The quantitative estimate of drug-likeness (QED) is 0.925. The normalized spacial score (nSPS) is 32.8. The highest BCUT2D eigenvalue weighted by Crippen LogP contribution is 2.44. The molecule has 3 unspecified atom stereocenters. The molecule has 0 bridgehead atoms. The summed E-state index contributed by atoms with van der Waals surface area (Å²) in [7, 11) is 0.